The fraction of sp³-hybridized carbons (Fsp3) is 0.321. The number of fused-ring (bicyclic) bond motifs is 1. The predicted octanol–water partition coefficient (Wildman–Crippen LogP) is 5.13. The highest BCUT2D eigenvalue weighted by atomic mass is 79.9. The zero-order valence-electron chi connectivity index (χ0n) is 22.2. The minimum absolute atomic E-state index is 0.188. The maximum atomic E-state index is 13.9. The molecule has 0 fully saturated rings. The SMILES string of the molecule is CCOC(=O)C1=C(C)N=c2s/c(=C/c3ccc(OCC)c(Br)c3)c(=O)n2[C@@H]1c1cc(OC)c(OCC)cc1Br. The lowest BCUT2D eigenvalue weighted by Gasteiger charge is -2.26. The Labute approximate surface area is 246 Å². The Balaban J connectivity index is 1.95. The summed E-state index contributed by atoms with van der Waals surface area (Å²) >= 11 is 8.43. The number of carbonyl (C=O) groups excluding carboxylic acids is 1. The van der Waals surface area contributed by atoms with Gasteiger partial charge in [0, 0.05) is 4.47 Å². The first kappa shape index (κ1) is 29.1. The molecular weight excluding hydrogens is 652 g/mol. The van der Waals surface area contributed by atoms with Gasteiger partial charge in [0.05, 0.1) is 53.2 Å². The summed E-state index contributed by atoms with van der Waals surface area (Å²) in [6, 6.07) is 8.39. The van der Waals surface area contributed by atoms with E-state index in [9.17, 15) is 9.59 Å². The Morgan fingerprint density at radius 3 is 2.38 bits per heavy atom. The zero-order chi connectivity index (χ0) is 28.3. The van der Waals surface area contributed by atoms with Crippen molar-refractivity contribution >= 4 is 55.2 Å². The Morgan fingerprint density at radius 2 is 1.74 bits per heavy atom. The quantitative estimate of drug-likeness (QED) is 0.292. The number of rotatable bonds is 9. The van der Waals surface area contributed by atoms with Crippen LogP contribution in [0, 0.1) is 0 Å². The second-order valence-corrected chi connectivity index (χ2v) is 11.1. The second-order valence-electron chi connectivity index (χ2n) is 8.38. The van der Waals surface area contributed by atoms with E-state index >= 15 is 0 Å². The summed E-state index contributed by atoms with van der Waals surface area (Å²) in [5.74, 6) is 1.21. The summed E-state index contributed by atoms with van der Waals surface area (Å²) in [6.07, 6.45) is 1.80. The molecule has 4 rings (SSSR count). The van der Waals surface area contributed by atoms with Gasteiger partial charge in [0.2, 0.25) is 0 Å². The highest BCUT2D eigenvalue weighted by Crippen LogP contribution is 2.41. The van der Waals surface area contributed by atoms with E-state index in [1.165, 1.54) is 11.3 Å². The molecular formula is C28H28Br2N2O6S. The number of ether oxygens (including phenoxy) is 4. The number of hydrogen-bond acceptors (Lipinski definition) is 8. The van der Waals surface area contributed by atoms with Crippen LogP contribution in [0.25, 0.3) is 6.08 Å². The molecule has 39 heavy (non-hydrogen) atoms. The summed E-state index contributed by atoms with van der Waals surface area (Å²) in [5.41, 5.74) is 1.95. The van der Waals surface area contributed by atoms with Crippen molar-refractivity contribution < 1.29 is 23.7 Å². The van der Waals surface area contributed by atoms with Crippen LogP contribution >= 0.6 is 43.2 Å². The molecule has 0 spiro atoms. The number of halogens is 2. The molecule has 3 aromatic rings. The van der Waals surface area contributed by atoms with Crippen LogP contribution in [-0.2, 0) is 9.53 Å². The third kappa shape index (κ3) is 5.85. The summed E-state index contributed by atoms with van der Waals surface area (Å²) in [4.78, 5) is 32.3. The van der Waals surface area contributed by atoms with Crippen LogP contribution in [0.4, 0.5) is 0 Å². The first-order chi connectivity index (χ1) is 18.7. The van der Waals surface area contributed by atoms with Gasteiger partial charge in [-0.3, -0.25) is 9.36 Å². The van der Waals surface area contributed by atoms with Crippen LogP contribution in [-0.4, -0.2) is 37.5 Å². The molecule has 11 heteroatoms. The largest absolute Gasteiger partial charge is 0.493 e. The molecule has 2 aromatic carbocycles. The van der Waals surface area contributed by atoms with Gasteiger partial charge in [-0.2, -0.15) is 0 Å². The summed E-state index contributed by atoms with van der Waals surface area (Å²) in [5, 5.41) is 0. The molecule has 0 unspecified atom stereocenters. The number of aromatic nitrogens is 1. The van der Waals surface area contributed by atoms with Crippen LogP contribution in [0.15, 0.2) is 60.3 Å². The van der Waals surface area contributed by atoms with Crippen molar-refractivity contribution in [3.8, 4) is 17.2 Å². The van der Waals surface area contributed by atoms with Gasteiger partial charge >= 0.3 is 5.97 Å². The maximum Gasteiger partial charge on any atom is 0.338 e. The number of esters is 1. The molecule has 0 saturated heterocycles. The molecule has 8 nitrogen and oxygen atoms in total. The highest BCUT2D eigenvalue weighted by Gasteiger charge is 2.35. The summed E-state index contributed by atoms with van der Waals surface area (Å²) in [6.45, 7) is 8.47. The van der Waals surface area contributed by atoms with Crippen LogP contribution in [0.3, 0.4) is 0 Å². The first-order valence-electron chi connectivity index (χ1n) is 12.4. The van der Waals surface area contributed by atoms with Crippen molar-refractivity contribution in [3.05, 3.63) is 81.4 Å². The Morgan fingerprint density at radius 1 is 1.03 bits per heavy atom. The van der Waals surface area contributed by atoms with Gasteiger partial charge in [-0.15, -0.1) is 0 Å². The van der Waals surface area contributed by atoms with Gasteiger partial charge in [0.1, 0.15) is 5.75 Å². The van der Waals surface area contributed by atoms with E-state index in [1.54, 1.807) is 43.7 Å². The van der Waals surface area contributed by atoms with Crippen LogP contribution < -0.4 is 29.1 Å². The van der Waals surface area contributed by atoms with E-state index in [4.69, 9.17) is 18.9 Å². The average molecular weight is 680 g/mol. The smallest absolute Gasteiger partial charge is 0.338 e. The van der Waals surface area contributed by atoms with Crippen LogP contribution in [0.5, 0.6) is 17.2 Å². The maximum absolute atomic E-state index is 13.9. The minimum atomic E-state index is -0.798. The average Bonchev–Trinajstić information content (AvgIpc) is 3.19. The van der Waals surface area contributed by atoms with E-state index in [0.717, 1.165) is 15.8 Å². The van der Waals surface area contributed by atoms with E-state index < -0.39 is 12.0 Å². The summed E-state index contributed by atoms with van der Waals surface area (Å²) in [7, 11) is 1.54. The molecule has 1 aromatic heterocycles. The minimum Gasteiger partial charge on any atom is -0.493 e. The van der Waals surface area contributed by atoms with E-state index in [0.29, 0.717) is 49.8 Å². The van der Waals surface area contributed by atoms with E-state index in [-0.39, 0.29) is 17.7 Å². The molecule has 1 aliphatic heterocycles. The van der Waals surface area contributed by atoms with Gasteiger partial charge in [-0.1, -0.05) is 33.3 Å². The van der Waals surface area contributed by atoms with E-state index in [2.05, 4.69) is 36.9 Å². The van der Waals surface area contributed by atoms with Crippen LogP contribution in [0.2, 0.25) is 0 Å². The molecule has 0 saturated carbocycles. The lowest BCUT2D eigenvalue weighted by atomic mass is 9.95. The van der Waals surface area contributed by atoms with Crippen molar-refractivity contribution in [1.29, 1.82) is 0 Å². The first-order valence-corrected chi connectivity index (χ1v) is 14.8. The van der Waals surface area contributed by atoms with Gasteiger partial charge in [0.15, 0.2) is 16.3 Å². The van der Waals surface area contributed by atoms with E-state index in [1.807, 2.05) is 32.0 Å². The van der Waals surface area contributed by atoms with Crippen molar-refractivity contribution in [3.63, 3.8) is 0 Å². The summed E-state index contributed by atoms with van der Waals surface area (Å²) < 4.78 is 25.8. The Hall–Kier alpha value is -2.89. The second kappa shape index (κ2) is 12.5. The topological polar surface area (TPSA) is 88.4 Å². The third-order valence-corrected chi connectivity index (χ3v) is 8.24. The molecule has 2 heterocycles. The van der Waals surface area contributed by atoms with Crippen molar-refractivity contribution in [2.45, 2.75) is 33.7 Å². The Bertz CT molecular complexity index is 1630. The zero-order valence-corrected chi connectivity index (χ0v) is 26.2. The number of benzene rings is 2. The molecule has 1 atom stereocenters. The van der Waals surface area contributed by atoms with Gasteiger partial charge in [0.25, 0.3) is 5.56 Å². The molecule has 0 aliphatic carbocycles. The number of hydrogen-bond donors (Lipinski definition) is 0. The van der Waals surface area contributed by atoms with Crippen molar-refractivity contribution in [1.82, 2.24) is 4.57 Å². The number of nitrogens with zero attached hydrogens (tertiary/aromatic N) is 2. The monoisotopic (exact) mass is 678 g/mol. The number of carbonyl (C=O) groups is 1. The standard InChI is InChI=1S/C28H28Br2N2O6S/c1-6-36-20-10-9-16(11-19(20)30)12-23-26(33)32-25(17-13-21(35-5)22(37-7-2)14-18(17)29)24(27(34)38-8-3)15(4)31-28(32)39-23/h9-14,25H,6-8H2,1-5H3/b23-12+/t25-/m1/s1. The van der Waals surface area contributed by atoms with Crippen molar-refractivity contribution in [2.75, 3.05) is 26.9 Å². The molecule has 1 aliphatic rings. The molecule has 0 bridgehead atoms. The molecule has 0 radical (unpaired) electrons. The molecule has 0 amide bonds. The lowest BCUT2D eigenvalue weighted by molar-refractivity contribution is -0.139. The predicted molar refractivity (Wildman–Crippen MR) is 158 cm³/mol. The molecule has 0 N–H and O–H groups in total. The van der Waals surface area contributed by atoms with Crippen LogP contribution in [0.1, 0.15) is 44.9 Å². The van der Waals surface area contributed by atoms with Gasteiger partial charge < -0.3 is 18.9 Å². The number of allylic oxidation sites excluding steroid dienone is 1. The van der Waals surface area contributed by atoms with Gasteiger partial charge in [-0.25, -0.2) is 9.79 Å². The normalized spacial score (nSPS) is 15.1. The van der Waals surface area contributed by atoms with Gasteiger partial charge in [-0.05, 0) is 85.1 Å². The Kier molecular flexibility index (Phi) is 9.35. The highest BCUT2D eigenvalue weighted by molar-refractivity contribution is 9.10. The lowest BCUT2D eigenvalue weighted by Crippen LogP contribution is -2.40. The number of thiazole rings is 1. The fourth-order valence-corrected chi connectivity index (χ4v) is 6.40. The van der Waals surface area contributed by atoms with Crippen molar-refractivity contribution in [2.24, 2.45) is 4.99 Å². The number of methoxy groups -OCH3 is 1. The third-order valence-electron chi connectivity index (χ3n) is 5.95. The molecule has 206 valence electrons. The fourth-order valence-electron chi connectivity index (χ4n) is 4.30.